The second-order valence-corrected chi connectivity index (χ2v) is 6.37. The van der Waals surface area contributed by atoms with Crippen molar-refractivity contribution >= 4 is 17.6 Å². The van der Waals surface area contributed by atoms with E-state index in [1.165, 1.54) is 0 Å². The van der Waals surface area contributed by atoms with Crippen molar-refractivity contribution in [2.75, 3.05) is 5.32 Å². The second kappa shape index (κ2) is 5.76. The maximum atomic E-state index is 12.3. The van der Waals surface area contributed by atoms with Gasteiger partial charge in [0.05, 0.1) is 6.42 Å². The Morgan fingerprint density at radius 1 is 1.33 bits per heavy atom. The van der Waals surface area contributed by atoms with Gasteiger partial charge >= 0.3 is 11.9 Å². The van der Waals surface area contributed by atoms with Crippen molar-refractivity contribution in [1.82, 2.24) is 0 Å². The van der Waals surface area contributed by atoms with Crippen LogP contribution in [0.3, 0.4) is 0 Å². The summed E-state index contributed by atoms with van der Waals surface area (Å²) in [6.45, 7) is 5.40. The van der Waals surface area contributed by atoms with Gasteiger partial charge in [-0.2, -0.15) is 0 Å². The quantitative estimate of drug-likeness (QED) is 0.837. The van der Waals surface area contributed by atoms with Gasteiger partial charge in [-0.05, 0) is 38.8 Å². The van der Waals surface area contributed by atoms with Crippen molar-refractivity contribution in [3.05, 3.63) is 29.8 Å². The fourth-order valence-electron chi connectivity index (χ4n) is 2.56. The SMILES string of the molecule is CC(C)(C)OC(=O)C1Nc2ccccc2CC1CC(=O)O. The number of carbonyl (C=O) groups is 2. The summed E-state index contributed by atoms with van der Waals surface area (Å²) < 4.78 is 5.41. The molecule has 114 valence electrons. The molecule has 0 spiro atoms. The van der Waals surface area contributed by atoms with Gasteiger partial charge in [0.1, 0.15) is 11.6 Å². The largest absolute Gasteiger partial charge is 0.481 e. The first kappa shape index (κ1) is 15.4. The summed E-state index contributed by atoms with van der Waals surface area (Å²) in [7, 11) is 0. The van der Waals surface area contributed by atoms with E-state index in [1.54, 1.807) is 20.8 Å². The Morgan fingerprint density at radius 2 is 2.00 bits per heavy atom. The van der Waals surface area contributed by atoms with Gasteiger partial charge in [-0.15, -0.1) is 0 Å². The number of carboxylic acids is 1. The van der Waals surface area contributed by atoms with E-state index in [1.807, 2.05) is 24.3 Å². The number of anilines is 1. The number of rotatable bonds is 3. The van der Waals surface area contributed by atoms with E-state index < -0.39 is 23.6 Å². The first-order valence-electron chi connectivity index (χ1n) is 7.05. The maximum Gasteiger partial charge on any atom is 0.329 e. The zero-order chi connectivity index (χ0) is 15.6. The molecule has 0 bridgehead atoms. The number of para-hydroxylation sites is 1. The van der Waals surface area contributed by atoms with E-state index in [2.05, 4.69) is 5.32 Å². The topological polar surface area (TPSA) is 75.6 Å². The molecule has 2 unspecified atom stereocenters. The third-order valence-electron chi connectivity index (χ3n) is 3.38. The van der Waals surface area contributed by atoms with Gasteiger partial charge in [-0.3, -0.25) is 4.79 Å². The van der Waals surface area contributed by atoms with Crippen LogP contribution >= 0.6 is 0 Å². The Hall–Kier alpha value is -2.04. The summed E-state index contributed by atoms with van der Waals surface area (Å²) in [6, 6.07) is 7.00. The molecule has 0 aliphatic carbocycles. The Kier molecular flexibility index (Phi) is 4.21. The molecular formula is C16H21NO4. The molecule has 1 aromatic carbocycles. The minimum Gasteiger partial charge on any atom is -0.481 e. The predicted molar refractivity (Wildman–Crippen MR) is 79.1 cm³/mol. The highest BCUT2D eigenvalue weighted by atomic mass is 16.6. The molecule has 2 rings (SSSR count). The minimum atomic E-state index is -0.908. The van der Waals surface area contributed by atoms with Crippen molar-refractivity contribution in [3.8, 4) is 0 Å². The normalized spacial score (nSPS) is 21.1. The van der Waals surface area contributed by atoms with Gasteiger partial charge in [0.2, 0.25) is 0 Å². The van der Waals surface area contributed by atoms with Gasteiger partial charge < -0.3 is 15.2 Å². The molecule has 0 saturated carbocycles. The lowest BCUT2D eigenvalue weighted by atomic mass is 9.85. The lowest BCUT2D eigenvalue weighted by Crippen LogP contribution is -2.45. The van der Waals surface area contributed by atoms with Gasteiger partial charge in [-0.25, -0.2) is 4.79 Å². The van der Waals surface area contributed by atoms with E-state index in [-0.39, 0.29) is 12.3 Å². The molecule has 0 aromatic heterocycles. The lowest BCUT2D eigenvalue weighted by molar-refractivity contribution is -0.157. The molecule has 0 saturated heterocycles. The number of esters is 1. The molecule has 1 aliphatic rings. The van der Waals surface area contributed by atoms with Crippen LogP contribution in [0.1, 0.15) is 32.8 Å². The van der Waals surface area contributed by atoms with E-state index in [0.717, 1.165) is 11.3 Å². The molecule has 1 aliphatic heterocycles. The van der Waals surface area contributed by atoms with Crippen LogP contribution in [0.15, 0.2) is 24.3 Å². The minimum absolute atomic E-state index is 0.0642. The van der Waals surface area contributed by atoms with Crippen LogP contribution in [0, 0.1) is 5.92 Å². The van der Waals surface area contributed by atoms with E-state index in [9.17, 15) is 9.59 Å². The molecule has 0 fully saturated rings. The van der Waals surface area contributed by atoms with Crippen molar-refractivity contribution in [2.24, 2.45) is 5.92 Å². The number of nitrogens with one attached hydrogen (secondary N) is 1. The Labute approximate surface area is 124 Å². The molecular weight excluding hydrogens is 270 g/mol. The number of fused-ring (bicyclic) bond motifs is 1. The van der Waals surface area contributed by atoms with Crippen molar-refractivity contribution in [1.29, 1.82) is 0 Å². The van der Waals surface area contributed by atoms with E-state index >= 15 is 0 Å². The second-order valence-electron chi connectivity index (χ2n) is 6.37. The number of benzene rings is 1. The van der Waals surface area contributed by atoms with Crippen LogP contribution < -0.4 is 5.32 Å². The molecule has 5 nitrogen and oxygen atoms in total. The molecule has 1 heterocycles. The average molecular weight is 291 g/mol. The van der Waals surface area contributed by atoms with Crippen molar-refractivity contribution < 1.29 is 19.4 Å². The van der Waals surface area contributed by atoms with E-state index in [0.29, 0.717) is 6.42 Å². The van der Waals surface area contributed by atoms with Crippen molar-refractivity contribution in [3.63, 3.8) is 0 Å². The highest BCUT2D eigenvalue weighted by molar-refractivity contribution is 5.82. The van der Waals surface area contributed by atoms with Gasteiger partial charge in [0, 0.05) is 11.6 Å². The van der Waals surface area contributed by atoms with Crippen LogP contribution in [-0.2, 0) is 20.7 Å². The number of aliphatic carboxylic acids is 1. The van der Waals surface area contributed by atoms with Crippen molar-refractivity contribution in [2.45, 2.75) is 45.3 Å². The number of ether oxygens (including phenoxy) is 1. The van der Waals surface area contributed by atoms with Crippen LogP contribution in [0.25, 0.3) is 0 Å². The fourth-order valence-corrected chi connectivity index (χ4v) is 2.56. The molecule has 2 atom stereocenters. The summed E-state index contributed by atoms with van der Waals surface area (Å²) in [4.78, 5) is 23.4. The highest BCUT2D eigenvalue weighted by Crippen LogP contribution is 2.31. The number of hydrogen-bond acceptors (Lipinski definition) is 4. The Bertz CT molecular complexity index is 547. The molecule has 1 aromatic rings. The Balaban J connectivity index is 2.24. The summed E-state index contributed by atoms with van der Waals surface area (Å²) in [5.41, 5.74) is 1.31. The number of carboxylic acid groups (broad SMARTS) is 1. The summed E-state index contributed by atoms with van der Waals surface area (Å²) in [5.74, 6) is -1.62. The average Bonchev–Trinajstić information content (AvgIpc) is 2.35. The third-order valence-corrected chi connectivity index (χ3v) is 3.38. The highest BCUT2D eigenvalue weighted by Gasteiger charge is 2.37. The van der Waals surface area contributed by atoms with Crippen LogP contribution in [0.2, 0.25) is 0 Å². The fraction of sp³-hybridized carbons (Fsp3) is 0.500. The zero-order valence-electron chi connectivity index (χ0n) is 12.6. The lowest BCUT2D eigenvalue weighted by Gasteiger charge is -2.34. The number of carbonyl (C=O) groups excluding carboxylic acids is 1. The van der Waals surface area contributed by atoms with E-state index in [4.69, 9.17) is 9.84 Å². The third kappa shape index (κ3) is 3.97. The maximum absolute atomic E-state index is 12.3. The first-order valence-corrected chi connectivity index (χ1v) is 7.05. The molecule has 2 N–H and O–H groups in total. The van der Waals surface area contributed by atoms with Gasteiger partial charge in [-0.1, -0.05) is 18.2 Å². The monoisotopic (exact) mass is 291 g/mol. The number of hydrogen-bond donors (Lipinski definition) is 2. The van der Waals surface area contributed by atoms with Gasteiger partial charge in [0.15, 0.2) is 0 Å². The van der Waals surface area contributed by atoms with Gasteiger partial charge in [0.25, 0.3) is 0 Å². The predicted octanol–water partition coefficient (Wildman–Crippen LogP) is 2.46. The smallest absolute Gasteiger partial charge is 0.329 e. The Morgan fingerprint density at radius 3 is 2.62 bits per heavy atom. The zero-order valence-corrected chi connectivity index (χ0v) is 12.6. The molecule has 0 radical (unpaired) electrons. The summed E-state index contributed by atoms with van der Waals surface area (Å²) in [6.07, 6.45) is 0.491. The first-order chi connectivity index (χ1) is 9.76. The standard InChI is InChI=1S/C16H21NO4/c1-16(2,3)21-15(20)14-11(9-13(18)19)8-10-6-4-5-7-12(10)17-14/h4-7,11,14,17H,8-9H2,1-3H3,(H,18,19). The molecule has 0 amide bonds. The summed E-state index contributed by atoms with van der Waals surface area (Å²) in [5, 5.41) is 12.2. The van der Waals surface area contributed by atoms with Crippen LogP contribution in [0.4, 0.5) is 5.69 Å². The van der Waals surface area contributed by atoms with Crippen LogP contribution in [-0.4, -0.2) is 28.7 Å². The molecule has 5 heteroatoms. The molecule has 21 heavy (non-hydrogen) atoms. The van der Waals surface area contributed by atoms with Crippen LogP contribution in [0.5, 0.6) is 0 Å². The summed E-state index contributed by atoms with van der Waals surface area (Å²) >= 11 is 0.